The monoisotopic (exact) mass is 385 g/mol. The fraction of sp³-hybridized carbons (Fsp3) is 0.364. The van der Waals surface area contributed by atoms with Gasteiger partial charge in [0.1, 0.15) is 0 Å². The Bertz CT molecular complexity index is 786. The average Bonchev–Trinajstić information content (AvgIpc) is 2.72. The summed E-state index contributed by atoms with van der Waals surface area (Å²) >= 11 is 0. The standard InChI is InChI=1S/C22H27NO5/c1-4-5-14-28-22(25)17-8-10-18(11-9-17)23-21(24)13-7-16-6-12-19(26-2)20(15-16)27-3/h6,8-12,15H,4-5,7,13-14H2,1-3H3,(H,23,24). The van der Waals surface area contributed by atoms with E-state index in [9.17, 15) is 9.59 Å². The molecule has 0 aliphatic rings. The maximum atomic E-state index is 12.2. The highest BCUT2D eigenvalue weighted by atomic mass is 16.5. The summed E-state index contributed by atoms with van der Waals surface area (Å²) in [5.41, 5.74) is 2.10. The van der Waals surface area contributed by atoms with Crippen LogP contribution in [0.5, 0.6) is 11.5 Å². The van der Waals surface area contributed by atoms with Crippen molar-refractivity contribution in [2.24, 2.45) is 0 Å². The molecule has 0 spiro atoms. The number of hydrogen-bond donors (Lipinski definition) is 1. The largest absolute Gasteiger partial charge is 0.493 e. The zero-order chi connectivity index (χ0) is 20.4. The average molecular weight is 385 g/mol. The molecular formula is C22H27NO5. The number of esters is 1. The van der Waals surface area contributed by atoms with Gasteiger partial charge in [-0.3, -0.25) is 4.79 Å². The number of hydrogen-bond acceptors (Lipinski definition) is 5. The number of unbranched alkanes of at least 4 members (excludes halogenated alkanes) is 1. The van der Waals surface area contributed by atoms with Gasteiger partial charge in [-0.25, -0.2) is 4.79 Å². The van der Waals surface area contributed by atoms with Crippen LogP contribution in [0, 0.1) is 0 Å². The molecule has 0 heterocycles. The first-order valence-electron chi connectivity index (χ1n) is 9.35. The summed E-state index contributed by atoms with van der Waals surface area (Å²) in [6.07, 6.45) is 2.73. The van der Waals surface area contributed by atoms with Crippen molar-refractivity contribution >= 4 is 17.6 Å². The van der Waals surface area contributed by atoms with E-state index >= 15 is 0 Å². The first-order chi connectivity index (χ1) is 13.6. The first-order valence-corrected chi connectivity index (χ1v) is 9.35. The minimum atomic E-state index is -0.347. The summed E-state index contributed by atoms with van der Waals surface area (Å²) in [6, 6.07) is 12.3. The molecule has 1 N–H and O–H groups in total. The Balaban J connectivity index is 1.85. The Labute approximate surface area is 165 Å². The Morgan fingerprint density at radius 2 is 1.68 bits per heavy atom. The molecule has 0 atom stereocenters. The van der Waals surface area contributed by atoms with Crippen LogP contribution in [0.4, 0.5) is 5.69 Å². The second-order valence-electron chi connectivity index (χ2n) is 6.30. The molecular weight excluding hydrogens is 358 g/mol. The smallest absolute Gasteiger partial charge is 0.338 e. The molecule has 6 heteroatoms. The van der Waals surface area contributed by atoms with E-state index in [2.05, 4.69) is 5.32 Å². The summed E-state index contributed by atoms with van der Waals surface area (Å²) in [5, 5.41) is 2.83. The van der Waals surface area contributed by atoms with Crippen molar-refractivity contribution in [3.05, 3.63) is 53.6 Å². The van der Waals surface area contributed by atoms with Crippen molar-refractivity contribution in [3.63, 3.8) is 0 Å². The third-order valence-electron chi connectivity index (χ3n) is 4.22. The normalized spacial score (nSPS) is 10.2. The number of rotatable bonds is 10. The second kappa shape index (κ2) is 11.0. The van der Waals surface area contributed by atoms with E-state index in [0.717, 1.165) is 18.4 Å². The number of nitrogens with one attached hydrogen (secondary N) is 1. The summed E-state index contributed by atoms with van der Waals surface area (Å²) in [6.45, 7) is 2.46. The van der Waals surface area contributed by atoms with Crippen molar-refractivity contribution in [3.8, 4) is 11.5 Å². The maximum Gasteiger partial charge on any atom is 0.338 e. The van der Waals surface area contributed by atoms with Gasteiger partial charge in [-0.05, 0) is 54.8 Å². The summed E-state index contributed by atoms with van der Waals surface area (Å²) in [4.78, 5) is 24.1. The highest BCUT2D eigenvalue weighted by Gasteiger charge is 2.09. The Hall–Kier alpha value is -3.02. The van der Waals surface area contributed by atoms with Crippen molar-refractivity contribution in [1.29, 1.82) is 0 Å². The van der Waals surface area contributed by atoms with E-state index in [-0.39, 0.29) is 11.9 Å². The number of carbonyl (C=O) groups excluding carboxylic acids is 2. The van der Waals surface area contributed by atoms with E-state index < -0.39 is 0 Å². The molecule has 0 unspecified atom stereocenters. The lowest BCUT2D eigenvalue weighted by molar-refractivity contribution is -0.116. The quantitative estimate of drug-likeness (QED) is 0.489. The maximum absolute atomic E-state index is 12.2. The molecule has 0 aliphatic carbocycles. The number of aryl methyl sites for hydroxylation is 1. The van der Waals surface area contributed by atoms with Gasteiger partial charge in [-0.1, -0.05) is 19.4 Å². The number of benzene rings is 2. The number of methoxy groups -OCH3 is 2. The third kappa shape index (κ3) is 6.30. The number of carbonyl (C=O) groups is 2. The molecule has 0 aliphatic heterocycles. The van der Waals surface area contributed by atoms with Gasteiger partial charge in [-0.2, -0.15) is 0 Å². The molecule has 0 radical (unpaired) electrons. The molecule has 2 rings (SSSR count). The molecule has 150 valence electrons. The lowest BCUT2D eigenvalue weighted by atomic mass is 10.1. The zero-order valence-corrected chi connectivity index (χ0v) is 16.6. The van der Waals surface area contributed by atoms with Gasteiger partial charge >= 0.3 is 5.97 Å². The molecule has 6 nitrogen and oxygen atoms in total. The fourth-order valence-electron chi connectivity index (χ4n) is 2.60. The Morgan fingerprint density at radius 1 is 0.964 bits per heavy atom. The lowest BCUT2D eigenvalue weighted by Crippen LogP contribution is -2.13. The third-order valence-corrected chi connectivity index (χ3v) is 4.22. The van der Waals surface area contributed by atoms with Gasteiger partial charge in [0.2, 0.25) is 5.91 Å². The van der Waals surface area contributed by atoms with Gasteiger partial charge in [0.25, 0.3) is 0 Å². The van der Waals surface area contributed by atoms with Crippen LogP contribution in [-0.2, 0) is 16.0 Å². The van der Waals surface area contributed by atoms with Gasteiger partial charge in [0, 0.05) is 12.1 Å². The van der Waals surface area contributed by atoms with E-state index in [1.165, 1.54) is 0 Å². The molecule has 0 bridgehead atoms. The SMILES string of the molecule is CCCCOC(=O)c1ccc(NC(=O)CCc2ccc(OC)c(OC)c2)cc1. The summed E-state index contributed by atoms with van der Waals surface area (Å²) in [5.74, 6) is 0.846. The second-order valence-corrected chi connectivity index (χ2v) is 6.30. The number of amides is 1. The van der Waals surface area contributed by atoms with Crippen LogP contribution in [-0.4, -0.2) is 32.7 Å². The van der Waals surface area contributed by atoms with Crippen LogP contribution in [0.1, 0.15) is 42.1 Å². The summed E-state index contributed by atoms with van der Waals surface area (Å²) in [7, 11) is 3.17. The van der Waals surface area contributed by atoms with Crippen LogP contribution in [0.3, 0.4) is 0 Å². The van der Waals surface area contributed by atoms with E-state index in [1.807, 2.05) is 25.1 Å². The number of anilines is 1. The molecule has 1 amide bonds. The van der Waals surface area contributed by atoms with Crippen molar-refractivity contribution < 1.29 is 23.8 Å². The minimum absolute atomic E-state index is 0.104. The topological polar surface area (TPSA) is 73.9 Å². The molecule has 0 saturated carbocycles. The van der Waals surface area contributed by atoms with Crippen LogP contribution in [0.15, 0.2) is 42.5 Å². The lowest BCUT2D eigenvalue weighted by Gasteiger charge is -2.10. The molecule has 2 aromatic carbocycles. The van der Waals surface area contributed by atoms with E-state index in [4.69, 9.17) is 14.2 Å². The van der Waals surface area contributed by atoms with Gasteiger partial charge in [-0.15, -0.1) is 0 Å². The van der Waals surface area contributed by atoms with Gasteiger partial charge in [0.05, 0.1) is 26.4 Å². The van der Waals surface area contributed by atoms with Crippen LogP contribution in [0.25, 0.3) is 0 Å². The molecule has 2 aromatic rings. The fourth-order valence-corrected chi connectivity index (χ4v) is 2.60. The van der Waals surface area contributed by atoms with Gasteiger partial charge in [0.15, 0.2) is 11.5 Å². The molecule has 0 saturated heterocycles. The van der Waals surface area contributed by atoms with Gasteiger partial charge < -0.3 is 19.5 Å². The van der Waals surface area contributed by atoms with E-state index in [1.54, 1.807) is 38.5 Å². The molecule has 0 fully saturated rings. The Morgan fingerprint density at radius 3 is 2.32 bits per heavy atom. The van der Waals surface area contributed by atoms with E-state index in [0.29, 0.717) is 42.2 Å². The van der Waals surface area contributed by atoms with Crippen molar-refractivity contribution in [2.45, 2.75) is 32.6 Å². The first kappa shape index (κ1) is 21.3. The highest BCUT2D eigenvalue weighted by molar-refractivity contribution is 5.93. The summed E-state index contributed by atoms with van der Waals surface area (Å²) < 4.78 is 15.7. The van der Waals surface area contributed by atoms with Crippen LogP contribution in [0.2, 0.25) is 0 Å². The highest BCUT2D eigenvalue weighted by Crippen LogP contribution is 2.28. The predicted molar refractivity (Wildman–Crippen MR) is 108 cm³/mol. The zero-order valence-electron chi connectivity index (χ0n) is 16.6. The Kier molecular flexibility index (Phi) is 8.34. The number of ether oxygens (including phenoxy) is 3. The molecule has 28 heavy (non-hydrogen) atoms. The minimum Gasteiger partial charge on any atom is -0.493 e. The van der Waals surface area contributed by atoms with Crippen molar-refractivity contribution in [1.82, 2.24) is 0 Å². The van der Waals surface area contributed by atoms with Crippen molar-refractivity contribution in [2.75, 3.05) is 26.1 Å². The molecule has 0 aromatic heterocycles. The van der Waals surface area contributed by atoms with Crippen LogP contribution < -0.4 is 14.8 Å². The van der Waals surface area contributed by atoms with Crippen LogP contribution >= 0.6 is 0 Å². The predicted octanol–water partition coefficient (Wildman–Crippen LogP) is 4.23.